The number of hydrogen-bond donors (Lipinski definition) is 2. The number of benzene rings is 2. The molecule has 1 unspecified atom stereocenters. The lowest BCUT2D eigenvalue weighted by molar-refractivity contribution is 0.0527. The Kier molecular flexibility index (Phi) is 7.60. The molecule has 2 aromatic carbocycles. The van der Waals surface area contributed by atoms with Crippen molar-refractivity contribution in [1.29, 1.82) is 0 Å². The van der Waals surface area contributed by atoms with E-state index in [1.807, 2.05) is 19.1 Å². The van der Waals surface area contributed by atoms with Gasteiger partial charge in [-0.3, -0.25) is 9.59 Å². The van der Waals surface area contributed by atoms with E-state index >= 15 is 0 Å². The van der Waals surface area contributed by atoms with E-state index in [1.165, 1.54) is 6.07 Å². The molecule has 7 nitrogen and oxygen atoms in total. The Hall–Kier alpha value is -2.81. The number of rotatable bonds is 7. The highest BCUT2D eigenvalue weighted by Gasteiger charge is 2.33. The highest BCUT2D eigenvalue weighted by atomic mass is 35.5. The third-order valence-corrected chi connectivity index (χ3v) is 5.51. The number of nitrogens with zero attached hydrogens (tertiary/aromatic N) is 2. The lowest BCUT2D eigenvalue weighted by atomic mass is 10.0. The Morgan fingerprint density at radius 2 is 2.00 bits per heavy atom. The molecule has 170 valence electrons. The zero-order chi connectivity index (χ0) is 22.0. The second-order valence-corrected chi connectivity index (χ2v) is 7.97. The van der Waals surface area contributed by atoms with Crippen LogP contribution >= 0.6 is 12.4 Å². The number of carbonyl (C=O) groups excluding carboxylic acids is 1. The fourth-order valence-corrected chi connectivity index (χ4v) is 3.97. The summed E-state index contributed by atoms with van der Waals surface area (Å²) in [6, 6.07) is 12.1. The number of aromatic nitrogens is 2. The summed E-state index contributed by atoms with van der Waals surface area (Å²) in [5.74, 6) is -0.867. The normalized spacial score (nSPS) is 14.7. The van der Waals surface area contributed by atoms with Crippen molar-refractivity contribution in [2.45, 2.75) is 25.4 Å². The molecule has 0 aliphatic carbocycles. The SMILES string of the molecule is COCC(C)NC1CN(C(=O)c2cc(Cc3n[nH]c(=O)c4ccccc34)ccc2F)C1.Cl. The van der Waals surface area contributed by atoms with Gasteiger partial charge in [-0.15, -0.1) is 12.4 Å². The van der Waals surface area contributed by atoms with E-state index in [4.69, 9.17) is 4.74 Å². The van der Waals surface area contributed by atoms with Crippen molar-refractivity contribution < 1.29 is 13.9 Å². The minimum absolute atomic E-state index is 0. The smallest absolute Gasteiger partial charge is 0.272 e. The first-order valence-electron chi connectivity index (χ1n) is 10.2. The van der Waals surface area contributed by atoms with Gasteiger partial charge in [0.2, 0.25) is 0 Å². The van der Waals surface area contributed by atoms with E-state index in [9.17, 15) is 14.0 Å². The molecule has 2 heterocycles. The number of nitrogens with one attached hydrogen (secondary N) is 2. The van der Waals surface area contributed by atoms with Gasteiger partial charge in [0.25, 0.3) is 11.5 Å². The van der Waals surface area contributed by atoms with Crippen LogP contribution in [0.1, 0.15) is 28.5 Å². The molecular formula is C23H26ClFN4O3. The predicted octanol–water partition coefficient (Wildman–Crippen LogP) is 2.52. The van der Waals surface area contributed by atoms with Gasteiger partial charge < -0.3 is 15.0 Å². The molecule has 0 spiro atoms. The molecule has 1 atom stereocenters. The first-order valence-corrected chi connectivity index (χ1v) is 10.2. The molecule has 1 aliphatic heterocycles. The molecular weight excluding hydrogens is 435 g/mol. The summed E-state index contributed by atoms with van der Waals surface area (Å²) in [4.78, 5) is 26.5. The van der Waals surface area contributed by atoms with E-state index in [0.29, 0.717) is 37.2 Å². The summed E-state index contributed by atoms with van der Waals surface area (Å²) in [6.45, 7) is 3.67. The Morgan fingerprint density at radius 1 is 1.28 bits per heavy atom. The zero-order valence-electron chi connectivity index (χ0n) is 17.9. The molecule has 9 heteroatoms. The second kappa shape index (κ2) is 10.2. The zero-order valence-corrected chi connectivity index (χ0v) is 18.7. The van der Waals surface area contributed by atoms with Crippen molar-refractivity contribution in [3.05, 3.63) is 75.5 Å². The van der Waals surface area contributed by atoms with Crippen LogP contribution < -0.4 is 10.9 Å². The van der Waals surface area contributed by atoms with Crippen LogP contribution in [0.3, 0.4) is 0 Å². The van der Waals surface area contributed by atoms with Crippen LogP contribution in [0, 0.1) is 5.82 Å². The molecule has 0 radical (unpaired) electrons. The van der Waals surface area contributed by atoms with Crippen LogP contribution in [0.2, 0.25) is 0 Å². The number of likely N-dealkylation sites (tertiary alicyclic amines) is 1. The van der Waals surface area contributed by atoms with E-state index in [2.05, 4.69) is 15.5 Å². The van der Waals surface area contributed by atoms with E-state index in [1.54, 1.807) is 36.3 Å². The summed E-state index contributed by atoms with van der Waals surface area (Å²) in [5, 5.41) is 11.3. The molecule has 1 saturated heterocycles. The fourth-order valence-electron chi connectivity index (χ4n) is 3.97. The Balaban J connectivity index is 0.00000289. The number of fused-ring (bicyclic) bond motifs is 1. The van der Waals surface area contributed by atoms with Gasteiger partial charge >= 0.3 is 0 Å². The quantitative estimate of drug-likeness (QED) is 0.565. The monoisotopic (exact) mass is 460 g/mol. The van der Waals surface area contributed by atoms with Crippen LogP contribution in [-0.2, 0) is 11.2 Å². The maximum Gasteiger partial charge on any atom is 0.272 e. The Labute approximate surface area is 191 Å². The largest absolute Gasteiger partial charge is 0.383 e. The van der Waals surface area contributed by atoms with Crippen molar-refractivity contribution >= 4 is 29.1 Å². The minimum atomic E-state index is -0.544. The van der Waals surface area contributed by atoms with Crippen molar-refractivity contribution in [2.24, 2.45) is 0 Å². The maximum atomic E-state index is 14.5. The number of halogens is 2. The number of aromatic amines is 1. The number of ether oxygens (including phenoxy) is 1. The predicted molar refractivity (Wildman–Crippen MR) is 123 cm³/mol. The fraction of sp³-hybridized carbons (Fsp3) is 0.348. The minimum Gasteiger partial charge on any atom is -0.383 e. The average molecular weight is 461 g/mol. The summed E-state index contributed by atoms with van der Waals surface area (Å²) >= 11 is 0. The van der Waals surface area contributed by atoms with Crippen LogP contribution in [0.5, 0.6) is 0 Å². The van der Waals surface area contributed by atoms with Crippen LogP contribution in [0.4, 0.5) is 4.39 Å². The van der Waals surface area contributed by atoms with Crippen molar-refractivity contribution in [2.75, 3.05) is 26.8 Å². The molecule has 1 aliphatic rings. The molecule has 1 aromatic heterocycles. The summed E-state index contributed by atoms with van der Waals surface area (Å²) in [5.41, 5.74) is 1.21. The van der Waals surface area contributed by atoms with E-state index in [-0.39, 0.29) is 41.5 Å². The number of hydrogen-bond acceptors (Lipinski definition) is 5. The molecule has 0 saturated carbocycles. The molecule has 1 fully saturated rings. The van der Waals surface area contributed by atoms with Crippen molar-refractivity contribution in [3.63, 3.8) is 0 Å². The number of carbonyl (C=O) groups is 1. The number of methoxy groups -OCH3 is 1. The molecule has 0 bridgehead atoms. The third kappa shape index (κ3) is 4.98. The summed E-state index contributed by atoms with van der Waals surface area (Å²) in [6.07, 6.45) is 0.372. The Bertz CT molecular complexity index is 1160. The van der Waals surface area contributed by atoms with Gasteiger partial charge in [0.15, 0.2) is 0 Å². The van der Waals surface area contributed by atoms with Crippen molar-refractivity contribution in [1.82, 2.24) is 20.4 Å². The second-order valence-electron chi connectivity index (χ2n) is 7.97. The topological polar surface area (TPSA) is 87.3 Å². The van der Waals surface area contributed by atoms with Gasteiger partial charge in [-0.05, 0) is 30.7 Å². The van der Waals surface area contributed by atoms with Crippen LogP contribution in [0.25, 0.3) is 10.8 Å². The standard InChI is InChI=1S/C23H25FN4O3.ClH/c1-14(13-31-2)25-16-11-28(12-16)23(30)19-9-15(7-8-20(19)24)10-21-17-5-3-4-6-18(17)22(29)27-26-21;/h3-9,14,16,25H,10-13H2,1-2H3,(H,27,29);1H. The van der Waals surface area contributed by atoms with Gasteiger partial charge in [0, 0.05) is 44.1 Å². The first-order chi connectivity index (χ1) is 15.0. The van der Waals surface area contributed by atoms with Gasteiger partial charge in [-0.25, -0.2) is 9.49 Å². The summed E-state index contributed by atoms with van der Waals surface area (Å²) < 4.78 is 19.6. The van der Waals surface area contributed by atoms with Gasteiger partial charge in [0.1, 0.15) is 5.82 Å². The highest BCUT2D eigenvalue weighted by molar-refractivity contribution is 5.95. The molecule has 1 amide bonds. The Morgan fingerprint density at radius 3 is 2.72 bits per heavy atom. The lowest BCUT2D eigenvalue weighted by Crippen LogP contribution is -2.61. The molecule has 32 heavy (non-hydrogen) atoms. The van der Waals surface area contributed by atoms with Gasteiger partial charge in [-0.2, -0.15) is 5.10 Å². The highest BCUT2D eigenvalue weighted by Crippen LogP contribution is 2.21. The van der Waals surface area contributed by atoms with Crippen LogP contribution in [0.15, 0.2) is 47.3 Å². The molecule has 2 N–H and O–H groups in total. The number of H-pyrrole nitrogens is 1. The van der Waals surface area contributed by atoms with E-state index < -0.39 is 5.82 Å². The third-order valence-electron chi connectivity index (χ3n) is 5.51. The summed E-state index contributed by atoms with van der Waals surface area (Å²) in [7, 11) is 1.65. The molecule has 4 rings (SSSR count). The van der Waals surface area contributed by atoms with E-state index in [0.717, 1.165) is 10.9 Å². The van der Waals surface area contributed by atoms with Crippen molar-refractivity contribution in [3.8, 4) is 0 Å². The van der Waals surface area contributed by atoms with Gasteiger partial charge in [0.05, 0.1) is 23.3 Å². The molecule has 3 aromatic rings. The maximum absolute atomic E-state index is 14.5. The average Bonchev–Trinajstić information content (AvgIpc) is 2.73. The lowest BCUT2D eigenvalue weighted by Gasteiger charge is -2.41. The number of amides is 1. The van der Waals surface area contributed by atoms with Crippen LogP contribution in [-0.4, -0.2) is 59.9 Å². The van der Waals surface area contributed by atoms with Gasteiger partial charge in [-0.1, -0.05) is 24.3 Å². The first kappa shape index (κ1) is 23.8.